The second-order valence-electron chi connectivity index (χ2n) is 2.19. The lowest BCUT2D eigenvalue weighted by molar-refractivity contribution is 1.29. The SMILES string of the molecule is [CH2]C(C)=C(C)C(=C)C. The first kappa shape index (κ1) is 7.48. The van der Waals surface area contributed by atoms with Crippen LogP contribution in [0.25, 0.3) is 0 Å². The summed E-state index contributed by atoms with van der Waals surface area (Å²) in [7, 11) is 0. The van der Waals surface area contributed by atoms with Crippen LogP contribution in [0.4, 0.5) is 0 Å². The second-order valence-corrected chi connectivity index (χ2v) is 2.19. The highest BCUT2D eigenvalue weighted by atomic mass is 13.9. The van der Waals surface area contributed by atoms with Crippen LogP contribution in [-0.4, -0.2) is 0 Å². The van der Waals surface area contributed by atoms with Crippen LogP contribution in [0.2, 0.25) is 0 Å². The monoisotopic (exact) mass is 109 g/mol. The van der Waals surface area contributed by atoms with Gasteiger partial charge in [0.05, 0.1) is 0 Å². The predicted molar refractivity (Wildman–Crippen MR) is 38.5 cm³/mol. The van der Waals surface area contributed by atoms with Crippen LogP contribution in [0.5, 0.6) is 0 Å². The summed E-state index contributed by atoms with van der Waals surface area (Å²) < 4.78 is 0. The van der Waals surface area contributed by atoms with Crippen molar-refractivity contribution < 1.29 is 0 Å². The van der Waals surface area contributed by atoms with Crippen LogP contribution in [0.3, 0.4) is 0 Å². The topological polar surface area (TPSA) is 0 Å². The third-order valence-electron chi connectivity index (χ3n) is 1.28. The molecule has 0 heterocycles. The Bertz CT molecular complexity index is 123. The molecule has 0 nitrogen and oxygen atoms in total. The van der Waals surface area contributed by atoms with Crippen molar-refractivity contribution in [1.82, 2.24) is 0 Å². The molecule has 0 rings (SSSR count). The standard InChI is InChI=1S/C8H13/c1-6(2)8(5)7(3)4/h1,3H2,2,4-5H3. The van der Waals surface area contributed by atoms with Crippen molar-refractivity contribution >= 4 is 0 Å². The Balaban J connectivity index is 4.23. The quantitative estimate of drug-likeness (QED) is 0.454. The van der Waals surface area contributed by atoms with E-state index in [1.54, 1.807) is 0 Å². The van der Waals surface area contributed by atoms with Gasteiger partial charge < -0.3 is 0 Å². The summed E-state index contributed by atoms with van der Waals surface area (Å²) in [6, 6.07) is 0. The predicted octanol–water partition coefficient (Wildman–Crippen LogP) is 2.73. The molecule has 8 heavy (non-hydrogen) atoms. The van der Waals surface area contributed by atoms with Gasteiger partial charge in [-0.15, -0.1) is 0 Å². The van der Waals surface area contributed by atoms with E-state index in [-0.39, 0.29) is 0 Å². The van der Waals surface area contributed by atoms with E-state index in [9.17, 15) is 0 Å². The molecule has 0 aromatic carbocycles. The molecule has 0 heteroatoms. The first-order valence-electron chi connectivity index (χ1n) is 2.71. The Morgan fingerprint density at radius 3 is 1.50 bits per heavy atom. The van der Waals surface area contributed by atoms with Gasteiger partial charge in [0, 0.05) is 0 Å². The van der Waals surface area contributed by atoms with Crippen molar-refractivity contribution in [1.29, 1.82) is 0 Å². The highest BCUT2D eigenvalue weighted by Crippen LogP contribution is 2.09. The summed E-state index contributed by atoms with van der Waals surface area (Å²) in [6.07, 6.45) is 0. The number of hydrogen-bond acceptors (Lipinski definition) is 0. The average molecular weight is 109 g/mol. The van der Waals surface area contributed by atoms with Crippen molar-refractivity contribution in [3.05, 3.63) is 30.2 Å². The normalized spacial score (nSPS) is 13.0. The summed E-state index contributed by atoms with van der Waals surface area (Å²) in [6.45, 7) is 13.6. The zero-order valence-electron chi connectivity index (χ0n) is 5.91. The van der Waals surface area contributed by atoms with Crippen LogP contribution in [0.15, 0.2) is 23.3 Å². The van der Waals surface area contributed by atoms with Crippen molar-refractivity contribution in [3.8, 4) is 0 Å². The van der Waals surface area contributed by atoms with Gasteiger partial charge >= 0.3 is 0 Å². The third-order valence-corrected chi connectivity index (χ3v) is 1.28. The molecular formula is C8H13. The van der Waals surface area contributed by atoms with Crippen molar-refractivity contribution in [2.45, 2.75) is 20.8 Å². The molecule has 0 unspecified atom stereocenters. The molecular weight excluding hydrogens is 96.1 g/mol. The second kappa shape index (κ2) is 2.71. The van der Waals surface area contributed by atoms with Crippen LogP contribution in [-0.2, 0) is 0 Å². The lowest BCUT2D eigenvalue weighted by atomic mass is 10.1. The molecule has 0 aromatic heterocycles. The van der Waals surface area contributed by atoms with Gasteiger partial charge in [-0.25, -0.2) is 0 Å². The molecule has 0 aliphatic heterocycles. The zero-order valence-corrected chi connectivity index (χ0v) is 5.91. The molecule has 0 atom stereocenters. The van der Waals surface area contributed by atoms with Gasteiger partial charge in [0.2, 0.25) is 0 Å². The van der Waals surface area contributed by atoms with E-state index >= 15 is 0 Å². The lowest BCUT2D eigenvalue weighted by Gasteiger charge is -1.99. The summed E-state index contributed by atoms with van der Waals surface area (Å²) in [5.74, 6) is 0. The first-order chi connectivity index (χ1) is 3.55. The van der Waals surface area contributed by atoms with E-state index in [4.69, 9.17) is 0 Å². The van der Waals surface area contributed by atoms with E-state index in [0.29, 0.717) is 0 Å². The molecule has 0 aliphatic carbocycles. The van der Waals surface area contributed by atoms with Gasteiger partial charge in [-0.05, 0) is 33.3 Å². The first-order valence-corrected chi connectivity index (χ1v) is 2.71. The van der Waals surface area contributed by atoms with Gasteiger partial charge in [0.1, 0.15) is 0 Å². The number of allylic oxidation sites excluding steroid dienone is 3. The fraction of sp³-hybridized carbons (Fsp3) is 0.375. The smallest absolute Gasteiger partial charge is 0.0280 e. The Morgan fingerprint density at radius 1 is 1.12 bits per heavy atom. The highest BCUT2D eigenvalue weighted by molar-refractivity contribution is 5.29. The molecule has 0 amide bonds. The van der Waals surface area contributed by atoms with Gasteiger partial charge in [0.25, 0.3) is 0 Å². The number of rotatable bonds is 1. The van der Waals surface area contributed by atoms with Crippen LogP contribution in [0.1, 0.15) is 20.8 Å². The summed E-state index contributed by atoms with van der Waals surface area (Å²) in [5.41, 5.74) is 3.43. The largest absolute Gasteiger partial charge is 0.0959 e. The highest BCUT2D eigenvalue weighted by Gasteiger charge is 1.88. The Labute approximate surface area is 51.9 Å². The molecule has 45 valence electrons. The summed E-state index contributed by atoms with van der Waals surface area (Å²) in [5, 5.41) is 0. The van der Waals surface area contributed by atoms with Gasteiger partial charge in [-0.2, -0.15) is 0 Å². The fourth-order valence-electron chi connectivity index (χ4n) is 0.364. The minimum atomic E-state index is 1.11. The van der Waals surface area contributed by atoms with Crippen LogP contribution < -0.4 is 0 Å². The van der Waals surface area contributed by atoms with Gasteiger partial charge in [-0.1, -0.05) is 17.7 Å². The van der Waals surface area contributed by atoms with Crippen LogP contribution >= 0.6 is 0 Å². The van der Waals surface area contributed by atoms with Gasteiger partial charge in [-0.3, -0.25) is 0 Å². The third kappa shape index (κ3) is 1.97. The Morgan fingerprint density at radius 2 is 1.50 bits per heavy atom. The van der Waals surface area contributed by atoms with E-state index in [1.165, 1.54) is 5.57 Å². The maximum Gasteiger partial charge on any atom is -0.0280 e. The molecule has 0 bridgehead atoms. The van der Waals surface area contributed by atoms with Crippen molar-refractivity contribution in [3.63, 3.8) is 0 Å². The lowest BCUT2D eigenvalue weighted by Crippen LogP contribution is -1.78. The molecule has 0 fully saturated rings. The molecule has 0 aromatic rings. The fourth-order valence-corrected chi connectivity index (χ4v) is 0.364. The molecule has 0 saturated carbocycles. The molecule has 0 saturated heterocycles. The van der Waals surface area contributed by atoms with E-state index in [1.807, 2.05) is 20.8 Å². The van der Waals surface area contributed by atoms with Crippen molar-refractivity contribution in [2.75, 3.05) is 0 Å². The minimum absolute atomic E-state index is 1.11. The summed E-state index contributed by atoms with van der Waals surface area (Å²) in [4.78, 5) is 0. The van der Waals surface area contributed by atoms with E-state index < -0.39 is 0 Å². The molecule has 0 aliphatic rings. The average Bonchev–Trinajstić information content (AvgIpc) is 1.64. The minimum Gasteiger partial charge on any atom is -0.0959 e. The molecule has 0 spiro atoms. The number of hydrogen-bond donors (Lipinski definition) is 0. The van der Waals surface area contributed by atoms with E-state index in [0.717, 1.165) is 11.1 Å². The summed E-state index contributed by atoms with van der Waals surface area (Å²) >= 11 is 0. The van der Waals surface area contributed by atoms with E-state index in [2.05, 4.69) is 13.5 Å². The molecule has 1 radical (unpaired) electrons. The Hall–Kier alpha value is -0.520. The molecule has 0 N–H and O–H groups in total. The maximum absolute atomic E-state index is 3.78. The van der Waals surface area contributed by atoms with Crippen molar-refractivity contribution in [2.24, 2.45) is 0 Å². The Kier molecular flexibility index (Phi) is 2.53. The zero-order chi connectivity index (χ0) is 6.73. The van der Waals surface area contributed by atoms with Gasteiger partial charge in [0.15, 0.2) is 0 Å². The maximum atomic E-state index is 3.78. The van der Waals surface area contributed by atoms with Crippen LogP contribution in [0, 0.1) is 6.92 Å².